The fraction of sp³-hybridized carbons (Fsp3) is 0.917. The van der Waals surface area contributed by atoms with Gasteiger partial charge in [0.25, 0.3) is 0 Å². The normalized spacial score (nSPS) is 14.9. The van der Waals surface area contributed by atoms with Gasteiger partial charge in [0.15, 0.2) is 6.29 Å². The summed E-state index contributed by atoms with van der Waals surface area (Å²) < 4.78 is 15.3. The topological polar surface area (TPSA) is 44.8 Å². The van der Waals surface area contributed by atoms with Gasteiger partial charge in [0, 0.05) is 14.2 Å². The Morgan fingerprint density at radius 1 is 1.19 bits per heavy atom. The first-order valence-corrected chi connectivity index (χ1v) is 5.82. The number of methoxy groups -OCH3 is 2. The molecule has 0 aliphatic rings. The summed E-state index contributed by atoms with van der Waals surface area (Å²) >= 11 is 0. The van der Waals surface area contributed by atoms with Crippen LogP contribution in [0.25, 0.3) is 0 Å². The number of carbonyl (C=O) groups excluding carboxylic acids is 1. The molecule has 0 aromatic rings. The molecule has 0 bridgehead atoms. The average Bonchev–Trinajstić information content (AvgIpc) is 2.29. The van der Waals surface area contributed by atoms with Crippen molar-refractivity contribution in [2.24, 2.45) is 11.8 Å². The summed E-state index contributed by atoms with van der Waals surface area (Å²) in [6.45, 7) is 6.39. The van der Waals surface area contributed by atoms with Gasteiger partial charge in [0.1, 0.15) is 5.92 Å². The van der Waals surface area contributed by atoms with Crippen molar-refractivity contribution in [1.82, 2.24) is 0 Å². The van der Waals surface area contributed by atoms with Crippen molar-refractivity contribution in [3.05, 3.63) is 0 Å². The summed E-state index contributed by atoms with van der Waals surface area (Å²) in [4.78, 5) is 11.8. The summed E-state index contributed by atoms with van der Waals surface area (Å²) in [5.74, 6) is -0.136. The van der Waals surface area contributed by atoms with Gasteiger partial charge < -0.3 is 14.2 Å². The van der Waals surface area contributed by atoms with Crippen LogP contribution in [0.4, 0.5) is 0 Å². The van der Waals surface area contributed by atoms with Gasteiger partial charge in [-0.2, -0.15) is 0 Å². The second kappa shape index (κ2) is 8.53. The van der Waals surface area contributed by atoms with Crippen molar-refractivity contribution in [3.63, 3.8) is 0 Å². The van der Waals surface area contributed by atoms with Crippen LogP contribution in [0.2, 0.25) is 0 Å². The van der Waals surface area contributed by atoms with E-state index in [1.807, 2.05) is 0 Å². The van der Waals surface area contributed by atoms with Gasteiger partial charge in [-0.3, -0.25) is 4.79 Å². The fourth-order valence-electron chi connectivity index (χ4n) is 1.59. The molecule has 0 amide bonds. The molecule has 0 saturated carbocycles. The molecule has 4 nitrogen and oxygen atoms in total. The quantitative estimate of drug-likeness (QED) is 0.475. The Morgan fingerprint density at radius 2 is 1.75 bits per heavy atom. The van der Waals surface area contributed by atoms with Crippen molar-refractivity contribution in [2.75, 3.05) is 20.8 Å². The summed E-state index contributed by atoms with van der Waals surface area (Å²) in [5.41, 5.74) is 0. The second-order valence-electron chi connectivity index (χ2n) is 3.95. The monoisotopic (exact) mass is 232 g/mol. The molecule has 0 fully saturated rings. The lowest BCUT2D eigenvalue weighted by atomic mass is 9.93. The molecule has 0 rings (SSSR count). The van der Waals surface area contributed by atoms with E-state index in [1.165, 1.54) is 14.2 Å². The molecule has 0 aromatic carbocycles. The van der Waals surface area contributed by atoms with Crippen molar-refractivity contribution in [1.29, 1.82) is 0 Å². The van der Waals surface area contributed by atoms with Crippen LogP contribution in [0.5, 0.6) is 0 Å². The average molecular weight is 232 g/mol. The third-order valence-electron chi connectivity index (χ3n) is 2.74. The smallest absolute Gasteiger partial charge is 0.314 e. The lowest BCUT2D eigenvalue weighted by molar-refractivity contribution is -0.178. The van der Waals surface area contributed by atoms with E-state index in [1.54, 1.807) is 6.92 Å². The molecule has 0 aliphatic heterocycles. The first-order chi connectivity index (χ1) is 7.60. The summed E-state index contributed by atoms with van der Waals surface area (Å²) in [6, 6.07) is 0. The lowest BCUT2D eigenvalue weighted by Crippen LogP contribution is -2.34. The van der Waals surface area contributed by atoms with Crippen LogP contribution in [0.1, 0.15) is 33.6 Å². The lowest BCUT2D eigenvalue weighted by Gasteiger charge is -2.25. The van der Waals surface area contributed by atoms with Crippen LogP contribution in [-0.2, 0) is 19.0 Å². The predicted molar refractivity (Wildman–Crippen MR) is 62.0 cm³/mol. The molecular weight excluding hydrogens is 208 g/mol. The Bertz CT molecular complexity index is 189. The molecule has 96 valence electrons. The van der Waals surface area contributed by atoms with E-state index in [0.717, 1.165) is 12.8 Å². The standard InChI is InChI=1S/C12H24O4/c1-6-9(3)8-10(11(13)16-7-2)12(14-4)15-5/h9-10,12H,6-8H2,1-5H3. The summed E-state index contributed by atoms with van der Waals surface area (Å²) in [7, 11) is 3.08. The van der Waals surface area contributed by atoms with E-state index in [4.69, 9.17) is 14.2 Å². The molecule has 0 spiro atoms. The van der Waals surface area contributed by atoms with Crippen molar-refractivity contribution >= 4 is 5.97 Å². The molecule has 2 unspecified atom stereocenters. The first kappa shape index (κ1) is 15.4. The van der Waals surface area contributed by atoms with Crippen molar-refractivity contribution in [3.8, 4) is 0 Å². The zero-order valence-electron chi connectivity index (χ0n) is 11.0. The fourth-order valence-corrected chi connectivity index (χ4v) is 1.59. The zero-order chi connectivity index (χ0) is 12.6. The van der Waals surface area contributed by atoms with E-state index < -0.39 is 6.29 Å². The third kappa shape index (κ3) is 4.94. The molecule has 0 radical (unpaired) electrons. The maximum Gasteiger partial charge on any atom is 0.314 e. The van der Waals surface area contributed by atoms with Gasteiger partial charge >= 0.3 is 5.97 Å². The van der Waals surface area contributed by atoms with Crippen molar-refractivity contribution < 1.29 is 19.0 Å². The highest BCUT2D eigenvalue weighted by atomic mass is 16.7. The minimum Gasteiger partial charge on any atom is -0.466 e. The molecule has 4 heteroatoms. The first-order valence-electron chi connectivity index (χ1n) is 5.82. The Hall–Kier alpha value is -0.610. The Morgan fingerprint density at radius 3 is 2.12 bits per heavy atom. The molecule has 0 aliphatic carbocycles. The van der Waals surface area contributed by atoms with Crippen LogP contribution < -0.4 is 0 Å². The minimum atomic E-state index is -0.520. The van der Waals surface area contributed by atoms with Gasteiger partial charge in [-0.25, -0.2) is 0 Å². The van der Waals surface area contributed by atoms with Gasteiger partial charge in [-0.05, 0) is 19.3 Å². The van der Waals surface area contributed by atoms with E-state index in [-0.39, 0.29) is 11.9 Å². The highest BCUT2D eigenvalue weighted by Crippen LogP contribution is 2.22. The maximum atomic E-state index is 11.8. The van der Waals surface area contributed by atoms with E-state index in [9.17, 15) is 4.79 Å². The van der Waals surface area contributed by atoms with Crippen LogP contribution in [0.3, 0.4) is 0 Å². The third-order valence-corrected chi connectivity index (χ3v) is 2.74. The van der Waals surface area contributed by atoms with E-state index >= 15 is 0 Å². The molecule has 2 atom stereocenters. The van der Waals surface area contributed by atoms with Crippen LogP contribution in [0.15, 0.2) is 0 Å². The maximum absolute atomic E-state index is 11.8. The Labute approximate surface area is 98.3 Å². The largest absolute Gasteiger partial charge is 0.466 e. The van der Waals surface area contributed by atoms with Crippen LogP contribution in [-0.4, -0.2) is 33.1 Å². The van der Waals surface area contributed by atoms with Crippen molar-refractivity contribution in [2.45, 2.75) is 39.9 Å². The molecule has 0 N–H and O–H groups in total. The number of ether oxygens (including phenoxy) is 3. The molecule has 0 aromatic heterocycles. The van der Waals surface area contributed by atoms with E-state index in [0.29, 0.717) is 12.5 Å². The molecule has 0 saturated heterocycles. The number of carbonyl (C=O) groups is 1. The highest BCUT2D eigenvalue weighted by Gasteiger charge is 2.30. The molecule has 16 heavy (non-hydrogen) atoms. The molecule has 0 heterocycles. The van der Waals surface area contributed by atoms with Gasteiger partial charge in [0.05, 0.1) is 6.61 Å². The zero-order valence-corrected chi connectivity index (χ0v) is 11.0. The predicted octanol–water partition coefficient (Wildman–Crippen LogP) is 2.22. The number of hydrogen-bond acceptors (Lipinski definition) is 4. The Kier molecular flexibility index (Phi) is 8.21. The second-order valence-corrected chi connectivity index (χ2v) is 3.95. The minimum absolute atomic E-state index is 0.239. The van der Waals surface area contributed by atoms with Gasteiger partial charge in [0.2, 0.25) is 0 Å². The number of hydrogen-bond donors (Lipinski definition) is 0. The van der Waals surface area contributed by atoms with Crippen LogP contribution >= 0.6 is 0 Å². The van der Waals surface area contributed by atoms with E-state index in [2.05, 4.69) is 13.8 Å². The number of rotatable bonds is 8. The summed E-state index contributed by atoms with van der Waals surface area (Å²) in [5, 5.41) is 0. The SMILES string of the molecule is CCOC(=O)C(CC(C)CC)C(OC)OC. The molecular formula is C12H24O4. The van der Waals surface area contributed by atoms with Gasteiger partial charge in [-0.15, -0.1) is 0 Å². The highest BCUT2D eigenvalue weighted by molar-refractivity contribution is 5.72. The number of esters is 1. The van der Waals surface area contributed by atoms with Crippen LogP contribution in [0, 0.1) is 11.8 Å². The Balaban J connectivity index is 4.53. The van der Waals surface area contributed by atoms with Gasteiger partial charge in [-0.1, -0.05) is 20.3 Å². The summed E-state index contributed by atoms with van der Waals surface area (Å²) in [6.07, 6.45) is 1.23.